The van der Waals surface area contributed by atoms with E-state index in [1.165, 1.54) is 4.68 Å². The van der Waals surface area contributed by atoms with Crippen LogP contribution in [-0.4, -0.2) is 34.1 Å². The lowest BCUT2D eigenvalue weighted by molar-refractivity contribution is 0.355. The van der Waals surface area contributed by atoms with Crippen molar-refractivity contribution in [3.8, 4) is 34.6 Å². The van der Waals surface area contributed by atoms with Crippen LogP contribution in [0.4, 0.5) is 0 Å². The van der Waals surface area contributed by atoms with Gasteiger partial charge in [0.15, 0.2) is 11.5 Å². The van der Waals surface area contributed by atoms with Crippen molar-refractivity contribution in [2.24, 2.45) is 0 Å². The highest BCUT2D eigenvalue weighted by molar-refractivity contribution is 5.88. The van der Waals surface area contributed by atoms with E-state index in [1.54, 1.807) is 32.5 Å². The number of nitrogens with zero attached hydrogens (tertiary/aromatic N) is 3. The summed E-state index contributed by atoms with van der Waals surface area (Å²) in [7, 11) is 3.18. The molecule has 0 saturated carbocycles. The number of benzene rings is 3. The maximum Gasteiger partial charge on any atom is 0.214 e. The molecule has 34 heavy (non-hydrogen) atoms. The summed E-state index contributed by atoms with van der Waals surface area (Å²) in [5.41, 5.74) is 3.39. The standard InChI is InChI=1S/C27H23N3O4/c1-32-25-16-22-23(17-26(25)33-2)28-13-12-24(22)34-21-10-8-20(9-11-21)30-27(31)15-19(29-30)14-18-6-4-3-5-7-18/h3-13,15-17,31H,14H2,1-2H3. The number of hydrogen-bond acceptors (Lipinski definition) is 6. The lowest BCUT2D eigenvalue weighted by Crippen LogP contribution is -1.98. The molecule has 0 aliphatic heterocycles. The summed E-state index contributed by atoms with van der Waals surface area (Å²) in [5.74, 6) is 2.58. The second-order valence-electron chi connectivity index (χ2n) is 7.70. The maximum absolute atomic E-state index is 10.4. The molecular formula is C27H23N3O4. The minimum Gasteiger partial charge on any atom is -0.493 e. The van der Waals surface area contributed by atoms with E-state index in [4.69, 9.17) is 14.2 Å². The Hall–Kier alpha value is -4.52. The van der Waals surface area contributed by atoms with Crippen molar-refractivity contribution in [1.29, 1.82) is 0 Å². The number of methoxy groups -OCH3 is 2. The number of aromatic hydroxyl groups is 1. The van der Waals surface area contributed by atoms with Gasteiger partial charge in [-0.1, -0.05) is 30.3 Å². The Morgan fingerprint density at radius 1 is 0.824 bits per heavy atom. The van der Waals surface area contributed by atoms with Gasteiger partial charge in [-0.25, -0.2) is 4.68 Å². The monoisotopic (exact) mass is 453 g/mol. The van der Waals surface area contributed by atoms with Crippen LogP contribution in [0.2, 0.25) is 0 Å². The Bertz CT molecular complexity index is 1430. The fourth-order valence-corrected chi connectivity index (χ4v) is 3.82. The van der Waals surface area contributed by atoms with Crippen molar-refractivity contribution in [1.82, 2.24) is 14.8 Å². The van der Waals surface area contributed by atoms with Crippen molar-refractivity contribution in [3.63, 3.8) is 0 Å². The van der Waals surface area contributed by atoms with Crippen LogP contribution in [0.3, 0.4) is 0 Å². The first kappa shape index (κ1) is 21.3. The predicted molar refractivity (Wildman–Crippen MR) is 129 cm³/mol. The van der Waals surface area contributed by atoms with Crippen molar-refractivity contribution >= 4 is 10.9 Å². The van der Waals surface area contributed by atoms with Gasteiger partial charge in [0, 0.05) is 30.1 Å². The molecule has 5 rings (SSSR count). The molecule has 0 unspecified atom stereocenters. The van der Waals surface area contributed by atoms with E-state index in [0.717, 1.165) is 27.8 Å². The molecule has 2 heterocycles. The number of ether oxygens (including phenoxy) is 3. The van der Waals surface area contributed by atoms with E-state index in [1.807, 2.05) is 66.7 Å². The van der Waals surface area contributed by atoms with Gasteiger partial charge in [-0.2, -0.15) is 5.10 Å². The number of fused-ring (bicyclic) bond motifs is 1. The van der Waals surface area contributed by atoms with Crippen molar-refractivity contribution in [2.75, 3.05) is 14.2 Å². The van der Waals surface area contributed by atoms with E-state index >= 15 is 0 Å². The predicted octanol–water partition coefficient (Wildman–Crippen LogP) is 5.53. The molecule has 170 valence electrons. The molecule has 0 aliphatic rings. The smallest absolute Gasteiger partial charge is 0.214 e. The van der Waals surface area contributed by atoms with Crippen LogP contribution >= 0.6 is 0 Å². The molecule has 1 N–H and O–H groups in total. The zero-order chi connectivity index (χ0) is 23.5. The highest BCUT2D eigenvalue weighted by atomic mass is 16.5. The Morgan fingerprint density at radius 2 is 1.56 bits per heavy atom. The number of rotatable bonds is 7. The number of pyridine rings is 1. The normalized spacial score (nSPS) is 10.9. The number of aromatic nitrogens is 3. The minimum atomic E-state index is 0.0840. The van der Waals surface area contributed by atoms with Gasteiger partial charge < -0.3 is 19.3 Å². The third-order valence-electron chi connectivity index (χ3n) is 5.49. The Morgan fingerprint density at radius 3 is 2.29 bits per heavy atom. The molecule has 0 radical (unpaired) electrons. The van der Waals surface area contributed by atoms with Crippen LogP contribution in [0, 0.1) is 0 Å². The SMILES string of the molecule is COc1cc2nccc(Oc3ccc(-n4nc(Cc5ccccc5)cc4O)cc3)c2cc1OC. The van der Waals surface area contributed by atoms with Crippen molar-refractivity contribution in [3.05, 3.63) is 96.3 Å². The molecule has 0 spiro atoms. The molecule has 0 atom stereocenters. The van der Waals surface area contributed by atoms with Crippen LogP contribution in [-0.2, 0) is 6.42 Å². The van der Waals surface area contributed by atoms with Crippen molar-refractivity contribution < 1.29 is 19.3 Å². The molecule has 2 aromatic heterocycles. The molecule has 0 fully saturated rings. The first-order valence-electron chi connectivity index (χ1n) is 10.8. The molecule has 5 aromatic rings. The molecule has 0 bridgehead atoms. The van der Waals surface area contributed by atoms with Gasteiger partial charge in [0.2, 0.25) is 5.88 Å². The summed E-state index contributed by atoms with van der Waals surface area (Å²) in [6.07, 6.45) is 2.33. The van der Waals surface area contributed by atoms with Gasteiger partial charge in [0.1, 0.15) is 11.5 Å². The summed E-state index contributed by atoms with van der Waals surface area (Å²) >= 11 is 0. The summed E-state index contributed by atoms with van der Waals surface area (Å²) in [5, 5.41) is 15.8. The van der Waals surface area contributed by atoms with Crippen molar-refractivity contribution in [2.45, 2.75) is 6.42 Å². The van der Waals surface area contributed by atoms with Gasteiger partial charge >= 0.3 is 0 Å². The zero-order valence-electron chi connectivity index (χ0n) is 18.8. The van der Waals surface area contributed by atoms with Crippen LogP contribution < -0.4 is 14.2 Å². The Balaban J connectivity index is 1.39. The fraction of sp³-hybridized carbons (Fsp3) is 0.111. The Labute approximate surface area is 196 Å². The molecule has 7 nitrogen and oxygen atoms in total. The van der Waals surface area contributed by atoms with Crippen LogP contribution in [0.25, 0.3) is 16.6 Å². The van der Waals surface area contributed by atoms with E-state index in [9.17, 15) is 5.11 Å². The molecule has 0 amide bonds. The quantitative estimate of drug-likeness (QED) is 0.349. The second kappa shape index (κ2) is 9.15. The topological polar surface area (TPSA) is 78.6 Å². The first-order chi connectivity index (χ1) is 16.6. The van der Waals surface area contributed by atoms with E-state index in [0.29, 0.717) is 29.4 Å². The molecule has 0 saturated heterocycles. The fourth-order valence-electron chi connectivity index (χ4n) is 3.82. The highest BCUT2D eigenvalue weighted by Gasteiger charge is 2.13. The summed E-state index contributed by atoms with van der Waals surface area (Å²) in [6.45, 7) is 0. The van der Waals surface area contributed by atoms with E-state index in [-0.39, 0.29) is 5.88 Å². The average molecular weight is 453 g/mol. The average Bonchev–Trinajstić information content (AvgIpc) is 3.24. The highest BCUT2D eigenvalue weighted by Crippen LogP contribution is 2.37. The Kier molecular flexibility index (Phi) is 5.74. The number of hydrogen-bond donors (Lipinski definition) is 1. The van der Waals surface area contributed by atoms with Gasteiger partial charge in [-0.3, -0.25) is 4.98 Å². The largest absolute Gasteiger partial charge is 0.493 e. The third-order valence-corrected chi connectivity index (χ3v) is 5.49. The molecule has 3 aromatic carbocycles. The maximum atomic E-state index is 10.4. The molecule has 0 aliphatic carbocycles. The lowest BCUT2D eigenvalue weighted by atomic mass is 10.1. The summed E-state index contributed by atoms with van der Waals surface area (Å²) < 4.78 is 18.4. The third kappa shape index (κ3) is 4.23. The second-order valence-corrected chi connectivity index (χ2v) is 7.70. The van der Waals surface area contributed by atoms with Crippen LogP contribution in [0.1, 0.15) is 11.3 Å². The summed E-state index contributed by atoms with van der Waals surface area (Å²) in [4.78, 5) is 4.41. The molecular weight excluding hydrogens is 430 g/mol. The van der Waals surface area contributed by atoms with Gasteiger partial charge in [0.05, 0.1) is 31.1 Å². The van der Waals surface area contributed by atoms with Gasteiger partial charge in [-0.15, -0.1) is 0 Å². The van der Waals surface area contributed by atoms with E-state index < -0.39 is 0 Å². The van der Waals surface area contributed by atoms with E-state index in [2.05, 4.69) is 10.1 Å². The minimum absolute atomic E-state index is 0.0840. The summed E-state index contributed by atoms with van der Waals surface area (Å²) in [6, 6.07) is 24.5. The van der Waals surface area contributed by atoms with Crippen LogP contribution in [0.5, 0.6) is 28.9 Å². The van der Waals surface area contributed by atoms with Crippen LogP contribution in [0.15, 0.2) is 85.1 Å². The lowest BCUT2D eigenvalue weighted by Gasteiger charge is -2.12. The zero-order valence-corrected chi connectivity index (χ0v) is 18.8. The molecule has 7 heteroatoms. The van der Waals surface area contributed by atoms with Gasteiger partial charge in [-0.05, 0) is 42.0 Å². The first-order valence-corrected chi connectivity index (χ1v) is 10.8. The van der Waals surface area contributed by atoms with Gasteiger partial charge in [0.25, 0.3) is 0 Å².